The summed E-state index contributed by atoms with van der Waals surface area (Å²) in [6.07, 6.45) is 0. The van der Waals surface area contributed by atoms with Crippen molar-refractivity contribution in [3.05, 3.63) is 58.2 Å². The minimum absolute atomic E-state index is 0.0700. The number of rotatable bonds is 2. The first-order chi connectivity index (χ1) is 9.45. The van der Waals surface area contributed by atoms with E-state index in [2.05, 4.69) is 6.07 Å². The van der Waals surface area contributed by atoms with Crippen LogP contribution in [-0.4, -0.2) is 5.78 Å². The summed E-state index contributed by atoms with van der Waals surface area (Å²) in [5.74, 6) is -0.0414. The highest BCUT2D eigenvalue weighted by Gasteiger charge is 2.33. The third kappa shape index (κ3) is 2.30. The van der Waals surface area contributed by atoms with Crippen LogP contribution in [0.4, 0.5) is 0 Å². The number of nitriles is 1. The van der Waals surface area contributed by atoms with Crippen molar-refractivity contribution in [1.82, 2.24) is 0 Å². The topological polar surface area (TPSA) is 76.1 Å². The van der Waals surface area contributed by atoms with E-state index in [4.69, 9.17) is 10.5 Å². The second-order valence-corrected chi connectivity index (χ2v) is 4.86. The Bertz CT molecular complexity index is 661. The monoisotopic (exact) mass is 268 g/mol. The summed E-state index contributed by atoms with van der Waals surface area (Å²) in [7, 11) is 0. The molecular weight excluding hydrogens is 252 g/mol. The van der Waals surface area contributed by atoms with Gasteiger partial charge in [-0.05, 0) is 26.3 Å². The Kier molecular flexibility index (Phi) is 3.62. The number of carbonyl (C=O) groups excluding carboxylic acids is 1. The molecule has 0 saturated carbocycles. The molecule has 0 amide bonds. The zero-order chi connectivity index (χ0) is 14.9. The van der Waals surface area contributed by atoms with Gasteiger partial charge in [-0.3, -0.25) is 4.79 Å². The molecule has 0 fully saturated rings. The van der Waals surface area contributed by atoms with E-state index in [9.17, 15) is 10.1 Å². The summed E-state index contributed by atoms with van der Waals surface area (Å²) >= 11 is 0. The standard InChI is InChI=1S/C16H16N2O2/c1-9-4-6-12(7-5-9)15-13(8-17)16(18)20-11(3)14(15)10(2)19/h4-7,15H,18H2,1-3H3. The van der Waals surface area contributed by atoms with Gasteiger partial charge in [0.1, 0.15) is 17.4 Å². The van der Waals surface area contributed by atoms with Crippen LogP contribution in [0.5, 0.6) is 0 Å². The lowest BCUT2D eigenvalue weighted by atomic mass is 9.81. The minimum atomic E-state index is -0.452. The predicted molar refractivity (Wildman–Crippen MR) is 75.2 cm³/mol. The van der Waals surface area contributed by atoms with Gasteiger partial charge < -0.3 is 10.5 Å². The molecule has 1 atom stereocenters. The molecule has 0 saturated heterocycles. The molecule has 0 aromatic heterocycles. The van der Waals surface area contributed by atoms with Gasteiger partial charge in [-0.15, -0.1) is 0 Å². The summed E-state index contributed by atoms with van der Waals surface area (Å²) < 4.78 is 5.33. The van der Waals surface area contributed by atoms with Crippen molar-refractivity contribution in [1.29, 1.82) is 5.26 Å². The first-order valence-electron chi connectivity index (χ1n) is 6.31. The van der Waals surface area contributed by atoms with Gasteiger partial charge in [0, 0.05) is 5.57 Å². The number of hydrogen-bond acceptors (Lipinski definition) is 4. The summed E-state index contributed by atoms with van der Waals surface area (Å²) in [5.41, 5.74) is 8.53. The maximum Gasteiger partial charge on any atom is 0.205 e. The van der Waals surface area contributed by atoms with Gasteiger partial charge in [-0.2, -0.15) is 5.26 Å². The Labute approximate surface area is 118 Å². The number of nitrogens with two attached hydrogens (primary N) is 1. The number of ketones is 1. The summed E-state index contributed by atoms with van der Waals surface area (Å²) in [6.45, 7) is 5.15. The third-order valence-corrected chi connectivity index (χ3v) is 3.40. The van der Waals surface area contributed by atoms with Crippen molar-refractivity contribution < 1.29 is 9.53 Å². The van der Waals surface area contributed by atoms with E-state index in [1.165, 1.54) is 6.92 Å². The van der Waals surface area contributed by atoms with Crippen molar-refractivity contribution in [2.24, 2.45) is 5.73 Å². The summed E-state index contributed by atoms with van der Waals surface area (Å²) in [4.78, 5) is 11.9. The van der Waals surface area contributed by atoms with Crippen LogP contribution in [0.2, 0.25) is 0 Å². The third-order valence-electron chi connectivity index (χ3n) is 3.40. The highest BCUT2D eigenvalue weighted by molar-refractivity contribution is 5.96. The fourth-order valence-corrected chi connectivity index (χ4v) is 2.43. The molecule has 2 N–H and O–H groups in total. The fourth-order valence-electron chi connectivity index (χ4n) is 2.43. The van der Waals surface area contributed by atoms with Gasteiger partial charge in [0.2, 0.25) is 5.88 Å². The van der Waals surface area contributed by atoms with Gasteiger partial charge in [0.15, 0.2) is 5.78 Å². The average molecular weight is 268 g/mol. The van der Waals surface area contributed by atoms with Crippen LogP contribution in [-0.2, 0) is 9.53 Å². The number of hydrogen-bond donors (Lipinski definition) is 1. The van der Waals surface area contributed by atoms with E-state index in [-0.39, 0.29) is 17.2 Å². The molecule has 1 aliphatic heterocycles. The number of carbonyl (C=O) groups is 1. The molecule has 1 aromatic carbocycles. The lowest BCUT2D eigenvalue weighted by molar-refractivity contribution is -0.114. The molecule has 0 spiro atoms. The molecule has 0 bridgehead atoms. The number of aryl methyl sites for hydroxylation is 1. The van der Waals surface area contributed by atoms with Gasteiger partial charge in [0.05, 0.1) is 5.92 Å². The van der Waals surface area contributed by atoms with E-state index < -0.39 is 5.92 Å². The number of benzene rings is 1. The van der Waals surface area contributed by atoms with Crippen molar-refractivity contribution in [2.75, 3.05) is 0 Å². The van der Waals surface area contributed by atoms with Crippen LogP contribution in [0.1, 0.15) is 30.9 Å². The number of ether oxygens (including phenoxy) is 1. The van der Waals surface area contributed by atoms with E-state index >= 15 is 0 Å². The molecule has 1 heterocycles. The fraction of sp³-hybridized carbons (Fsp3) is 0.250. The van der Waals surface area contributed by atoms with Gasteiger partial charge >= 0.3 is 0 Å². The van der Waals surface area contributed by atoms with Crippen LogP contribution >= 0.6 is 0 Å². The van der Waals surface area contributed by atoms with Crippen LogP contribution in [0.25, 0.3) is 0 Å². The predicted octanol–water partition coefficient (Wildman–Crippen LogP) is 2.67. The first-order valence-corrected chi connectivity index (χ1v) is 6.31. The zero-order valence-electron chi connectivity index (χ0n) is 11.7. The molecule has 4 heteroatoms. The highest BCUT2D eigenvalue weighted by atomic mass is 16.5. The molecule has 1 aromatic rings. The molecule has 0 radical (unpaired) electrons. The van der Waals surface area contributed by atoms with Crippen molar-refractivity contribution in [3.8, 4) is 6.07 Å². The quantitative estimate of drug-likeness (QED) is 0.894. The smallest absolute Gasteiger partial charge is 0.205 e. The number of Topliss-reactive ketones (excluding diaryl/α,β-unsaturated/α-hetero) is 1. The van der Waals surface area contributed by atoms with Gasteiger partial charge in [-0.25, -0.2) is 0 Å². The molecule has 102 valence electrons. The Balaban J connectivity index is 2.64. The molecule has 4 nitrogen and oxygen atoms in total. The van der Waals surface area contributed by atoms with Gasteiger partial charge in [-0.1, -0.05) is 29.8 Å². The molecular formula is C16H16N2O2. The molecule has 2 rings (SSSR count). The van der Waals surface area contributed by atoms with Gasteiger partial charge in [0.25, 0.3) is 0 Å². The van der Waals surface area contributed by atoms with E-state index in [1.807, 2.05) is 31.2 Å². The summed E-state index contributed by atoms with van der Waals surface area (Å²) in [6, 6.07) is 9.78. The molecule has 1 unspecified atom stereocenters. The van der Waals surface area contributed by atoms with Crippen molar-refractivity contribution in [2.45, 2.75) is 26.7 Å². The average Bonchev–Trinajstić information content (AvgIpc) is 2.38. The Morgan fingerprint density at radius 3 is 2.40 bits per heavy atom. The summed E-state index contributed by atoms with van der Waals surface area (Å²) in [5, 5.41) is 9.33. The minimum Gasteiger partial charge on any atom is -0.445 e. The zero-order valence-corrected chi connectivity index (χ0v) is 11.7. The lowest BCUT2D eigenvalue weighted by Crippen LogP contribution is -2.23. The normalized spacial score (nSPS) is 18.6. The number of allylic oxidation sites excluding steroid dienone is 3. The lowest BCUT2D eigenvalue weighted by Gasteiger charge is -2.26. The van der Waals surface area contributed by atoms with E-state index in [0.29, 0.717) is 11.3 Å². The van der Waals surface area contributed by atoms with E-state index in [1.54, 1.807) is 6.92 Å². The van der Waals surface area contributed by atoms with E-state index in [0.717, 1.165) is 11.1 Å². The van der Waals surface area contributed by atoms with Crippen molar-refractivity contribution >= 4 is 5.78 Å². The Morgan fingerprint density at radius 1 is 1.30 bits per heavy atom. The second kappa shape index (κ2) is 5.22. The number of nitrogens with zero attached hydrogens (tertiary/aromatic N) is 1. The Hall–Kier alpha value is -2.54. The highest BCUT2D eigenvalue weighted by Crippen LogP contribution is 2.39. The van der Waals surface area contributed by atoms with Crippen LogP contribution < -0.4 is 5.73 Å². The molecule has 0 aliphatic carbocycles. The SMILES string of the molecule is CC(=O)C1=C(C)OC(N)=C(C#N)C1c1ccc(C)cc1. The van der Waals surface area contributed by atoms with Crippen LogP contribution in [0.3, 0.4) is 0 Å². The Morgan fingerprint density at radius 2 is 1.90 bits per heavy atom. The van der Waals surface area contributed by atoms with Crippen LogP contribution in [0.15, 0.2) is 47.1 Å². The maximum atomic E-state index is 11.9. The maximum absolute atomic E-state index is 11.9. The van der Waals surface area contributed by atoms with Crippen molar-refractivity contribution in [3.63, 3.8) is 0 Å². The second-order valence-electron chi connectivity index (χ2n) is 4.86. The molecule has 1 aliphatic rings. The first kappa shape index (κ1) is 13.9. The largest absolute Gasteiger partial charge is 0.445 e. The van der Waals surface area contributed by atoms with Crippen LogP contribution in [0, 0.1) is 18.3 Å². The molecule has 20 heavy (non-hydrogen) atoms.